The maximum atomic E-state index is 11.8. The van der Waals surface area contributed by atoms with Crippen LogP contribution in [0, 0.1) is 0 Å². The van der Waals surface area contributed by atoms with E-state index in [2.05, 4.69) is 0 Å². The molecule has 16 heavy (non-hydrogen) atoms. The van der Waals surface area contributed by atoms with Gasteiger partial charge in [-0.1, -0.05) is 0 Å². The van der Waals surface area contributed by atoms with Crippen molar-refractivity contribution in [2.45, 2.75) is 25.8 Å². The Kier molecular flexibility index (Phi) is 3.37. The summed E-state index contributed by atoms with van der Waals surface area (Å²) in [6.45, 7) is 2.96. The maximum absolute atomic E-state index is 11.8. The molecule has 5 heteroatoms. The summed E-state index contributed by atoms with van der Waals surface area (Å²) < 4.78 is 5.03. The topological polar surface area (TPSA) is 70.8 Å². The molecule has 0 fully saturated rings. The number of nitrogens with zero attached hydrogens (tertiary/aromatic N) is 1. The number of likely N-dealkylation sites (N-methyl/N-ethyl adjacent to an activating group) is 1. The van der Waals surface area contributed by atoms with Crippen molar-refractivity contribution < 1.29 is 19.1 Å². The van der Waals surface area contributed by atoms with Crippen LogP contribution in [0.1, 0.15) is 19.6 Å². The molecule has 0 aliphatic carbocycles. The Morgan fingerprint density at radius 3 is 2.56 bits per heavy atom. The molecule has 1 rings (SSSR count). The number of carboxylic acids is 1. The van der Waals surface area contributed by atoms with E-state index in [9.17, 15) is 9.59 Å². The molecule has 1 aromatic heterocycles. The molecule has 1 heterocycles. The molecule has 1 amide bonds. The molecule has 0 saturated heterocycles. The van der Waals surface area contributed by atoms with E-state index in [-0.39, 0.29) is 12.3 Å². The molecular weight excluding hydrogens is 210 g/mol. The number of aliphatic carboxylic acids is 1. The standard InChI is InChI=1S/C11H15NO4/c1-11(2,10(14)15)12(3)9(13)7-8-5-4-6-16-8/h4-6H,7H2,1-3H3,(H,14,15). The average molecular weight is 225 g/mol. The third kappa shape index (κ3) is 2.42. The highest BCUT2D eigenvalue weighted by Gasteiger charge is 2.35. The number of carboxylic acid groups (broad SMARTS) is 1. The first-order valence-electron chi connectivity index (χ1n) is 4.88. The first kappa shape index (κ1) is 12.3. The van der Waals surface area contributed by atoms with Crippen LogP contribution in [0.5, 0.6) is 0 Å². The lowest BCUT2D eigenvalue weighted by atomic mass is 10.0. The maximum Gasteiger partial charge on any atom is 0.329 e. The van der Waals surface area contributed by atoms with Crippen molar-refractivity contribution in [3.05, 3.63) is 24.2 Å². The summed E-state index contributed by atoms with van der Waals surface area (Å²) in [5.74, 6) is -0.803. The zero-order valence-electron chi connectivity index (χ0n) is 9.56. The lowest BCUT2D eigenvalue weighted by Gasteiger charge is -2.31. The second-order valence-corrected chi connectivity index (χ2v) is 4.07. The Labute approximate surface area is 93.7 Å². The van der Waals surface area contributed by atoms with E-state index < -0.39 is 11.5 Å². The molecule has 0 spiro atoms. The van der Waals surface area contributed by atoms with Crippen molar-refractivity contribution in [1.82, 2.24) is 4.90 Å². The third-order valence-electron chi connectivity index (χ3n) is 2.64. The van der Waals surface area contributed by atoms with Crippen LogP contribution in [0.3, 0.4) is 0 Å². The predicted octanol–water partition coefficient (Wildman–Crippen LogP) is 1.14. The summed E-state index contributed by atoms with van der Waals surface area (Å²) >= 11 is 0. The number of amides is 1. The quantitative estimate of drug-likeness (QED) is 0.834. The Hall–Kier alpha value is -1.78. The van der Waals surface area contributed by atoms with Gasteiger partial charge in [0.1, 0.15) is 11.3 Å². The number of hydrogen-bond donors (Lipinski definition) is 1. The van der Waals surface area contributed by atoms with Crippen LogP contribution in [0.2, 0.25) is 0 Å². The second kappa shape index (κ2) is 4.38. The molecule has 1 N–H and O–H groups in total. The number of carbonyl (C=O) groups excluding carboxylic acids is 1. The Morgan fingerprint density at radius 1 is 1.50 bits per heavy atom. The first-order chi connectivity index (χ1) is 7.35. The number of rotatable bonds is 4. The van der Waals surface area contributed by atoms with Crippen molar-refractivity contribution in [3.63, 3.8) is 0 Å². The highest BCUT2D eigenvalue weighted by atomic mass is 16.4. The van der Waals surface area contributed by atoms with Crippen molar-refractivity contribution >= 4 is 11.9 Å². The van der Waals surface area contributed by atoms with Crippen molar-refractivity contribution in [3.8, 4) is 0 Å². The minimum absolute atomic E-state index is 0.0697. The molecule has 0 radical (unpaired) electrons. The van der Waals surface area contributed by atoms with E-state index in [1.54, 1.807) is 12.1 Å². The molecule has 0 unspecified atom stereocenters. The fraction of sp³-hybridized carbons (Fsp3) is 0.455. The Balaban J connectivity index is 2.71. The van der Waals surface area contributed by atoms with Crippen LogP contribution in [-0.2, 0) is 16.0 Å². The van der Waals surface area contributed by atoms with E-state index in [1.807, 2.05) is 0 Å². The second-order valence-electron chi connectivity index (χ2n) is 4.07. The van der Waals surface area contributed by atoms with Crippen LogP contribution in [0.25, 0.3) is 0 Å². The highest BCUT2D eigenvalue weighted by molar-refractivity contribution is 5.86. The summed E-state index contributed by atoms with van der Waals surface area (Å²) in [6.07, 6.45) is 1.55. The fourth-order valence-corrected chi connectivity index (χ4v) is 1.14. The van der Waals surface area contributed by atoms with E-state index >= 15 is 0 Å². The smallest absolute Gasteiger partial charge is 0.329 e. The number of furan rings is 1. The van der Waals surface area contributed by atoms with Gasteiger partial charge >= 0.3 is 5.97 Å². The third-order valence-corrected chi connectivity index (χ3v) is 2.64. The molecule has 0 aromatic carbocycles. The van der Waals surface area contributed by atoms with Gasteiger partial charge < -0.3 is 14.4 Å². The van der Waals surface area contributed by atoms with Gasteiger partial charge in [-0.3, -0.25) is 4.79 Å². The predicted molar refractivity (Wildman–Crippen MR) is 56.9 cm³/mol. The Morgan fingerprint density at radius 2 is 2.12 bits per heavy atom. The van der Waals surface area contributed by atoms with Gasteiger partial charge in [-0.05, 0) is 26.0 Å². The molecular formula is C11H15NO4. The SMILES string of the molecule is CN(C(=O)Cc1ccco1)C(C)(C)C(=O)O. The summed E-state index contributed by atoms with van der Waals surface area (Å²) in [7, 11) is 1.47. The minimum Gasteiger partial charge on any atom is -0.480 e. The largest absolute Gasteiger partial charge is 0.480 e. The van der Waals surface area contributed by atoms with Gasteiger partial charge in [-0.15, -0.1) is 0 Å². The first-order valence-corrected chi connectivity index (χ1v) is 4.88. The molecule has 0 atom stereocenters. The van der Waals surface area contributed by atoms with Gasteiger partial charge in [-0.25, -0.2) is 4.79 Å². The zero-order chi connectivity index (χ0) is 12.3. The summed E-state index contributed by atoms with van der Waals surface area (Å²) in [6, 6.07) is 3.37. The van der Waals surface area contributed by atoms with E-state index in [0.29, 0.717) is 5.76 Å². The summed E-state index contributed by atoms with van der Waals surface area (Å²) in [5, 5.41) is 8.97. The molecule has 0 aliphatic rings. The number of hydrogen-bond acceptors (Lipinski definition) is 3. The van der Waals surface area contributed by atoms with E-state index in [4.69, 9.17) is 9.52 Å². The van der Waals surface area contributed by atoms with Crippen LogP contribution < -0.4 is 0 Å². The van der Waals surface area contributed by atoms with E-state index in [1.165, 1.54) is 32.1 Å². The van der Waals surface area contributed by atoms with Crippen LogP contribution in [0.4, 0.5) is 0 Å². The van der Waals surface area contributed by atoms with Crippen molar-refractivity contribution in [2.75, 3.05) is 7.05 Å². The molecule has 5 nitrogen and oxygen atoms in total. The molecule has 0 saturated carbocycles. The lowest BCUT2D eigenvalue weighted by molar-refractivity contribution is -0.155. The summed E-state index contributed by atoms with van der Waals surface area (Å²) in [5.41, 5.74) is -1.22. The van der Waals surface area contributed by atoms with Gasteiger partial charge in [-0.2, -0.15) is 0 Å². The monoisotopic (exact) mass is 225 g/mol. The van der Waals surface area contributed by atoms with Gasteiger partial charge in [0, 0.05) is 7.05 Å². The molecule has 0 bridgehead atoms. The normalized spacial score (nSPS) is 11.2. The van der Waals surface area contributed by atoms with Crippen LogP contribution in [-0.4, -0.2) is 34.5 Å². The number of carbonyl (C=O) groups is 2. The highest BCUT2D eigenvalue weighted by Crippen LogP contribution is 2.14. The van der Waals surface area contributed by atoms with Crippen molar-refractivity contribution in [2.24, 2.45) is 0 Å². The Bertz CT molecular complexity index is 381. The van der Waals surface area contributed by atoms with Crippen LogP contribution >= 0.6 is 0 Å². The summed E-state index contributed by atoms with van der Waals surface area (Å²) in [4.78, 5) is 23.9. The van der Waals surface area contributed by atoms with Crippen LogP contribution in [0.15, 0.2) is 22.8 Å². The van der Waals surface area contributed by atoms with Gasteiger partial charge in [0.15, 0.2) is 0 Å². The molecule has 1 aromatic rings. The van der Waals surface area contributed by atoms with Crippen molar-refractivity contribution in [1.29, 1.82) is 0 Å². The van der Waals surface area contributed by atoms with Gasteiger partial charge in [0.2, 0.25) is 5.91 Å². The van der Waals surface area contributed by atoms with Gasteiger partial charge in [0.25, 0.3) is 0 Å². The zero-order valence-corrected chi connectivity index (χ0v) is 9.56. The molecule has 88 valence electrons. The minimum atomic E-state index is -1.22. The van der Waals surface area contributed by atoms with E-state index in [0.717, 1.165) is 0 Å². The van der Waals surface area contributed by atoms with Gasteiger partial charge in [0.05, 0.1) is 12.7 Å². The lowest BCUT2D eigenvalue weighted by Crippen LogP contribution is -2.51. The molecule has 0 aliphatic heterocycles. The fourth-order valence-electron chi connectivity index (χ4n) is 1.14. The average Bonchev–Trinajstić information content (AvgIpc) is 2.68.